The van der Waals surface area contributed by atoms with Crippen molar-refractivity contribution in [3.05, 3.63) is 49.1 Å². The number of hydrogen-bond acceptors (Lipinski definition) is 7. The van der Waals surface area contributed by atoms with E-state index in [4.69, 9.17) is 27.9 Å². The third kappa shape index (κ3) is 4.42. The Morgan fingerprint density at radius 2 is 2.00 bits per heavy atom. The number of piperazine rings is 1. The first-order valence-electron chi connectivity index (χ1n) is 9.76. The van der Waals surface area contributed by atoms with Gasteiger partial charge in [0.1, 0.15) is 18.5 Å². The Kier molecular flexibility index (Phi) is 6.24. The van der Waals surface area contributed by atoms with Crippen molar-refractivity contribution in [1.29, 1.82) is 0 Å². The molecule has 1 aliphatic heterocycles. The fraction of sp³-hybridized carbons (Fsp3) is 0.421. The molecule has 0 spiro atoms. The number of aromatic nitrogens is 4. The lowest BCUT2D eigenvalue weighted by atomic mass is 10.3. The van der Waals surface area contributed by atoms with Crippen LogP contribution >= 0.6 is 23.2 Å². The zero-order valence-corrected chi connectivity index (χ0v) is 18.3. The molecule has 3 N–H and O–H groups in total. The van der Waals surface area contributed by atoms with Gasteiger partial charge >= 0.3 is 5.69 Å². The van der Waals surface area contributed by atoms with Crippen LogP contribution in [0.4, 0.5) is 5.95 Å². The summed E-state index contributed by atoms with van der Waals surface area (Å²) in [5.41, 5.74) is -0.619. The standard InChI is InChI=1S/C19H22Cl2N6O4/c1-25-16-15(17(29)24-19(25)30)27(18(23-16)26-6-4-22-5-7-26)9-12(28)10-31-14-3-2-11(20)8-13(14)21/h2-3,8,12,22,28H,4-7,9-10H2,1H3,(H,24,29,30). The number of aliphatic hydroxyl groups is 1. The Bertz CT molecular complexity index is 1210. The lowest BCUT2D eigenvalue weighted by Crippen LogP contribution is -2.45. The minimum atomic E-state index is -0.970. The molecule has 1 fully saturated rings. The van der Waals surface area contributed by atoms with Gasteiger partial charge in [0.15, 0.2) is 11.2 Å². The molecule has 31 heavy (non-hydrogen) atoms. The molecule has 0 aliphatic carbocycles. The molecule has 1 aromatic carbocycles. The van der Waals surface area contributed by atoms with Crippen LogP contribution in [0.3, 0.4) is 0 Å². The lowest BCUT2D eigenvalue weighted by Gasteiger charge is -2.29. The molecule has 166 valence electrons. The number of aryl methyl sites for hydroxylation is 1. The van der Waals surface area contributed by atoms with E-state index in [9.17, 15) is 14.7 Å². The summed E-state index contributed by atoms with van der Waals surface area (Å²) in [5.74, 6) is 0.912. The van der Waals surface area contributed by atoms with E-state index < -0.39 is 17.4 Å². The molecular weight excluding hydrogens is 447 g/mol. The van der Waals surface area contributed by atoms with Crippen molar-refractivity contribution in [2.24, 2.45) is 7.05 Å². The van der Waals surface area contributed by atoms with Crippen LogP contribution in [0.5, 0.6) is 5.75 Å². The largest absolute Gasteiger partial charge is 0.489 e. The maximum atomic E-state index is 12.6. The predicted octanol–water partition coefficient (Wildman–Crippen LogP) is 0.580. The maximum absolute atomic E-state index is 12.6. The summed E-state index contributed by atoms with van der Waals surface area (Å²) < 4.78 is 8.56. The average Bonchev–Trinajstić information content (AvgIpc) is 3.12. The molecule has 0 saturated carbocycles. The topological polar surface area (TPSA) is 117 Å². The number of aromatic amines is 1. The molecule has 12 heteroatoms. The Morgan fingerprint density at radius 1 is 1.26 bits per heavy atom. The lowest BCUT2D eigenvalue weighted by molar-refractivity contribution is 0.0936. The number of nitrogens with zero attached hydrogens (tertiary/aromatic N) is 4. The SMILES string of the molecule is Cn1c(=O)[nH]c(=O)c2c1nc(N1CCNCC1)n2CC(O)COc1ccc(Cl)cc1Cl. The minimum Gasteiger partial charge on any atom is -0.489 e. The van der Waals surface area contributed by atoms with Crippen LogP contribution in [0.25, 0.3) is 11.2 Å². The average molecular weight is 469 g/mol. The number of ether oxygens (including phenoxy) is 1. The van der Waals surface area contributed by atoms with Crippen LogP contribution in [0.15, 0.2) is 27.8 Å². The van der Waals surface area contributed by atoms with Crippen LogP contribution in [0, 0.1) is 0 Å². The van der Waals surface area contributed by atoms with Gasteiger partial charge in [0, 0.05) is 38.2 Å². The summed E-state index contributed by atoms with van der Waals surface area (Å²) in [6.45, 7) is 2.87. The van der Waals surface area contributed by atoms with Crippen molar-refractivity contribution in [3.8, 4) is 5.75 Å². The van der Waals surface area contributed by atoms with E-state index in [2.05, 4.69) is 15.3 Å². The van der Waals surface area contributed by atoms with Crippen LogP contribution in [-0.4, -0.2) is 63.1 Å². The monoisotopic (exact) mass is 468 g/mol. The van der Waals surface area contributed by atoms with Crippen LogP contribution in [0.2, 0.25) is 10.0 Å². The van der Waals surface area contributed by atoms with Gasteiger partial charge in [0.2, 0.25) is 5.95 Å². The summed E-state index contributed by atoms with van der Waals surface area (Å²) in [6.07, 6.45) is -0.970. The molecule has 1 unspecified atom stereocenters. The van der Waals surface area contributed by atoms with E-state index >= 15 is 0 Å². The fourth-order valence-corrected chi connectivity index (χ4v) is 4.01. The van der Waals surface area contributed by atoms with Crippen molar-refractivity contribution in [2.75, 3.05) is 37.7 Å². The quantitative estimate of drug-likeness (QED) is 0.484. The van der Waals surface area contributed by atoms with Crippen molar-refractivity contribution in [2.45, 2.75) is 12.6 Å². The zero-order valence-electron chi connectivity index (χ0n) is 16.8. The van der Waals surface area contributed by atoms with Crippen molar-refractivity contribution in [3.63, 3.8) is 0 Å². The number of halogens is 2. The van der Waals surface area contributed by atoms with E-state index in [1.54, 1.807) is 29.8 Å². The second-order valence-electron chi connectivity index (χ2n) is 7.29. The van der Waals surface area contributed by atoms with Gasteiger partial charge in [-0.3, -0.25) is 14.3 Å². The zero-order chi connectivity index (χ0) is 22.1. The van der Waals surface area contributed by atoms with Gasteiger partial charge in [0.05, 0.1) is 11.6 Å². The Hall–Kier alpha value is -2.53. The maximum Gasteiger partial charge on any atom is 0.329 e. The second-order valence-corrected chi connectivity index (χ2v) is 8.13. The van der Waals surface area contributed by atoms with E-state index in [1.807, 2.05) is 4.90 Å². The highest BCUT2D eigenvalue weighted by Crippen LogP contribution is 2.28. The summed E-state index contributed by atoms with van der Waals surface area (Å²) >= 11 is 12.0. The molecule has 2 aromatic heterocycles. The van der Waals surface area contributed by atoms with E-state index in [1.165, 1.54) is 4.57 Å². The van der Waals surface area contributed by atoms with Crippen molar-refractivity contribution in [1.82, 2.24) is 24.4 Å². The van der Waals surface area contributed by atoms with Crippen LogP contribution in [-0.2, 0) is 13.6 Å². The molecule has 1 saturated heterocycles. The molecule has 0 radical (unpaired) electrons. The van der Waals surface area contributed by atoms with Gasteiger partial charge in [-0.1, -0.05) is 23.2 Å². The first-order chi connectivity index (χ1) is 14.8. The number of nitrogens with one attached hydrogen (secondary N) is 2. The molecule has 1 atom stereocenters. The Morgan fingerprint density at radius 3 is 2.71 bits per heavy atom. The number of rotatable bonds is 6. The number of fused-ring (bicyclic) bond motifs is 1. The first kappa shape index (κ1) is 21.7. The smallest absolute Gasteiger partial charge is 0.329 e. The molecule has 4 rings (SSSR count). The van der Waals surface area contributed by atoms with Gasteiger partial charge in [-0.15, -0.1) is 0 Å². The third-order valence-corrected chi connectivity index (χ3v) is 5.64. The number of benzene rings is 1. The highest BCUT2D eigenvalue weighted by atomic mass is 35.5. The van der Waals surface area contributed by atoms with E-state index in [-0.39, 0.29) is 24.3 Å². The first-order valence-corrected chi connectivity index (χ1v) is 10.5. The number of imidazole rings is 1. The van der Waals surface area contributed by atoms with Gasteiger partial charge in [-0.25, -0.2) is 4.79 Å². The highest BCUT2D eigenvalue weighted by Gasteiger charge is 2.24. The summed E-state index contributed by atoms with van der Waals surface area (Å²) in [5, 5.41) is 14.7. The van der Waals surface area contributed by atoms with Crippen LogP contribution < -0.4 is 26.2 Å². The molecule has 3 aromatic rings. The van der Waals surface area contributed by atoms with Gasteiger partial charge in [-0.05, 0) is 18.2 Å². The number of H-pyrrole nitrogens is 1. The summed E-state index contributed by atoms with van der Waals surface area (Å²) in [4.78, 5) is 33.5. The molecular formula is C19H22Cl2N6O4. The van der Waals surface area contributed by atoms with Crippen molar-refractivity contribution >= 4 is 40.3 Å². The van der Waals surface area contributed by atoms with Crippen LogP contribution in [0.1, 0.15) is 0 Å². The molecule has 10 nitrogen and oxygen atoms in total. The van der Waals surface area contributed by atoms with Gasteiger partial charge in [-0.2, -0.15) is 4.98 Å². The minimum absolute atomic E-state index is 0.0439. The predicted molar refractivity (Wildman–Crippen MR) is 119 cm³/mol. The Labute approximate surface area is 187 Å². The normalized spacial score (nSPS) is 15.4. The number of anilines is 1. The summed E-state index contributed by atoms with van der Waals surface area (Å²) in [6, 6.07) is 4.81. The van der Waals surface area contributed by atoms with E-state index in [0.29, 0.717) is 34.8 Å². The Balaban J connectivity index is 1.65. The molecule has 0 bridgehead atoms. The molecule has 0 amide bonds. The van der Waals surface area contributed by atoms with Crippen molar-refractivity contribution < 1.29 is 9.84 Å². The molecule has 3 heterocycles. The second kappa shape index (κ2) is 8.91. The highest BCUT2D eigenvalue weighted by molar-refractivity contribution is 6.35. The summed E-state index contributed by atoms with van der Waals surface area (Å²) in [7, 11) is 1.54. The third-order valence-electron chi connectivity index (χ3n) is 5.11. The van der Waals surface area contributed by atoms with E-state index in [0.717, 1.165) is 13.1 Å². The van der Waals surface area contributed by atoms with Gasteiger partial charge in [0.25, 0.3) is 5.56 Å². The van der Waals surface area contributed by atoms with Gasteiger partial charge < -0.3 is 24.6 Å². The number of hydrogen-bond donors (Lipinski definition) is 3. The molecule has 1 aliphatic rings. The fourth-order valence-electron chi connectivity index (χ4n) is 3.54. The number of aliphatic hydroxyl groups excluding tert-OH is 1.